The van der Waals surface area contributed by atoms with Gasteiger partial charge in [0, 0.05) is 31.8 Å². The lowest BCUT2D eigenvalue weighted by Gasteiger charge is -2.35. The molecule has 0 spiro atoms. The van der Waals surface area contributed by atoms with Crippen LogP contribution in [0.3, 0.4) is 0 Å². The Kier molecular flexibility index (Phi) is 5.12. The molecular weight excluding hydrogens is 372 g/mol. The molecule has 0 radical (unpaired) electrons. The Balaban J connectivity index is 1.67. The molecule has 0 aromatic carbocycles. The van der Waals surface area contributed by atoms with Gasteiger partial charge < -0.3 is 14.8 Å². The van der Waals surface area contributed by atoms with Crippen LogP contribution in [0, 0.1) is 6.92 Å². The SMILES string of the molecule is CC(=O)N1CCc2c(nc([C@H]3CCCCN3C(=O)c3cnc(C)cn3)[nH]c2=O)C1. The van der Waals surface area contributed by atoms with E-state index in [1.807, 2.05) is 6.92 Å². The normalized spacial score (nSPS) is 19.0. The lowest BCUT2D eigenvalue weighted by Crippen LogP contribution is -2.42. The van der Waals surface area contributed by atoms with Gasteiger partial charge in [0.2, 0.25) is 5.91 Å². The Labute approximate surface area is 168 Å². The van der Waals surface area contributed by atoms with Gasteiger partial charge in [0.15, 0.2) is 0 Å². The number of hydrogen-bond acceptors (Lipinski definition) is 6. The molecule has 2 amide bonds. The summed E-state index contributed by atoms with van der Waals surface area (Å²) in [5.74, 6) is 0.229. The molecule has 4 rings (SSSR count). The molecule has 29 heavy (non-hydrogen) atoms. The highest BCUT2D eigenvalue weighted by Gasteiger charge is 2.32. The summed E-state index contributed by atoms with van der Waals surface area (Å²) < 4.78 is 0. The number of rotatable bonds is 2. The third kappa shape index (κ3) is 3.76. The fraction of sp³-hybridized carbons (Fsp3) is 0.500. The van der Waals surface area contributed by atoms with E-state index in [9.17, 15) is 14.4 Å². The van der Waals surface area contributed by atoms with Crippen LogP contribution in [0.2, 0.25) is 0 Å². The van der Waals surface area contributed by atoms with E-state index in [0.717, 1.165) is 18.5 Å². The summed E-state index contributed by atoms with van der Waals surface area (Å²) >= 11 is 0. The van der Waals surface area contributed by atoms with Gasteiger partial charge in [-0.3, -0.25) is 19.4 Å². The van der Waals surface area contributed by atoms with Gasteiger partial charge in [-0.2, -0.15) is 0 Å². The number of carbonyl (C=O) groups is 2. The average molecular weight is 396 g/mol. The minimum Gasteiger partial charge on any atom is -0.337 e. The van der Waals surface area contributed by atoms with Crippen LogP contribution in [-0.4, -0.2) is 54.6 Å². The molecule has 1 fully saturated rings. The number of carbonyl (C=O) groups excluding carboxylic acids is 2. The molecule has 2 aliphatic rings. The Bertz CT molecular complexity index is 1000. The molecule has 2 aliphatic heterocycles. The van der Waals surface area contributed by atoms with Gasteiger partial charge >= 0.3 is 0 Å². The summed E-state index contributed by atoms with van der Waals surface area (Å²) in [6.07, 6.45) is 6.08. The van der Waals surface area contributed by atoms with Crippen molar-refractivity contribution in [3.8, 4) is 0 Å². The van der Waals surface area contributed by atoms with Crippen molar-refractivity contribution in [3.05, 3.63) is 51.2 Å². The number of amides is 2. The van der Waals surface area contributed by atoms with E-state index in [2.05, 4.69) is 15.0 Å². The first-order valence-corrected chi connectivity index (χ1v) is 9.91. The summed E-state index contributed by atoms with van der Waals surface area (Å²) in [5, 5.41) is 0. The third-order valence-corrected chi connectivity index (χ3v) is 5.62. The van der Waals surface area contributed by atoms with E-state index >= 15 is 0 Å². The molecule has 2 aromatic heterocycles. The molecule has 9 heteroatoms. The van der Waals surface area contributed by atoms with Crippen molar-refractivity contribution in [1.82, 2.24) is 29.7 Å². The lowest BCUT2D eigenvalue weighted by atomic mass is 9.99. The van der Waals surface area contributed by atoms with Gasteiger partial charge in [-0.05, 0) is 32.6 Å². The second-order valence-corrected chi connectivity index (χ2v) is 7.62. The maximum absolute atomic E-state index is 13.1. The zero-order valence-electron chi connectivity index (χ0n) is 16.6. The number of H-pyrrole nitrogens is 1. The summed E-state index contributed by atoms with van der Waals surface area (Å²) in [6.45, 7) is 4.75. The van der Waals surface area contributed by atoms with E-state index < -0.39 is 0 Å². The fourth-order valence-corrected chi connectivity index (χ4v) is 3.99. The maximum atomic E-state index is 13.1. The monoisotopic (exact) mass is 396 g/mol. The van der Waals surface area contributed by atoms with Gasteiger partial charge in [-0.1, -0.05) is 0 Å². The highest BCUT2D eigenvalue weighted by Crippen LogP contribution is 2.30. The first-order valence-electron chi connectivity index (χ1n) is 9.91. The van der Waals surface area contributed by atoms with Crippen LogP contribution in [0.15, 0.2) is 17.2 Å². The second-order valence-electron chi connectivity index (χ2n) is 7.62. The molecule has 0 bridgehead atoms. The van der Waals surface area contributed by atoms with Crippen molar-refractivity contribution < 1.29 is 9.59 Å². The average Bonchev–Trinajstić information content (AvgIpc) is 2.73. The topological polar surface area (TPSA) is 112 Å². The minimum atomic E-state index is -0.329. The third-order valence-electron chi connectivity index (χ3n) is 5.62. The first kappa shape index (κ1) is 19.2. The molecule has 0 saturated carbocycles. The van der Waals surface area contributed by atoms with Crippen LogP contribution in [0.5, 0.6) is 0 Å². The Morgan fingerprint density at radius 2 is 2.00 bits per heavy atom. The number of piperidine rings is 1. The number of aromatic nitrogens is 4. The highest BCUT2D eigenvalue weighted by molar-refractivity contribution is 5.92. The zero-order valence-corrected chi connectivity index (χ0v) is 16.6. The molecule has 1 saturated heterocycles. The molecule has 1 atom stereocenters. The number of likely N-dealkylation sites (tertiary alicyclic amines) is 1. The summed E-state index contributed by atoms with van der Waals surface area (Å²) in [7, 11) is 0. The first-order chi connectivity index (χ1) is 13.9. The standard InChI is InChI=1S/C20H24N6O3/c1-12-9-22-15(10-21-12)20(29)26-7-4-3-5-17(26)18-23-16-11-25(13(2)27)8-6-14(16)19(28)24-18/h9-10,17H,3-8,11H2,1-2H3,(H,23,24,28)/t17-/m1/s1. The number of nitrogens with zero attached hydrogens (tertiary/aromatic N) is 5. The molecule has 2 aromatic rings. The van der Waals surface area contributed by atoms with Crippen molar-refractivity contribution in [2.75, 3.05) is 13.1 Å². The van der Waals surface area contributed by atoms with E-state index in [0.29, 0.717) is 49.6 Å². The van der Waals surface area contributed by atoms with Crippen LogP contribution in [0.4, 0.5) is 0 Å². The predicted molar refractivity (Wildman–Crippen MR) is 104 cm³/mol. The highest BCUT2D eigenvalue weighted by atomic mass is 16.2. The smallest absolute Gasteiger partial charge is 0.274 e. The van der Waals surface area contributed by atoms with Crippen LogP contribution in [0.1, 0.15) is 65.5 Å². The number of fused-ring (bicyclic) bond motifs is 1. The molecule has 4 heterocycles. The summed E-state index contributed by atoms with van der Waals surface area (Å²) in [5.41, 5.74) is 2.10. The van der Waals surface area contributed by atoms with Crippen molar-refractivity contribution in [2.45, 2.75) is 52.1 Å². The van der Waals surface area contributed by atoms with Crippen molar-refractivity contribution >= 4 is 11.8 Å². The summed E-state index contributed by atoms with van der Waals surface area (Å²) in [4.78, 5) is 56.8. The van der Waals surface area contributed by atoms with Gasteiger partial charge in [0.05, 0.1) is 30.2 Å². The van der Waals surface area contributed by atoms with Crippen molar-refractivity contribution in [3.63, 3.8) is 0 Å². The number of nitrogens with one attached hydrogen (secondary N) is 1. The van der Waals surface area contributed by atoms with Crippen LogP contribution >= 0.6 is 0 Å². The largest absolute Gasteiger partial charge is 0.337 e. The van der Waals surface area contributed by atoms with Gasteiger partial charge in [0.25, 0.3) is 11.5 Å². The van der Waals surface area contributed by atoms with E-state index in [-0.39, 0.29) is 29.1 Å². The number of aryl methyl sites for hydroxylation is 1. The quantitative estimate of drug-likeness (QED) is 0.815. The Morgan fingerprint density at radius 3 is 2.72 bits per heavy atom. The maximum Gasteiger partial charge on any atom is 0.274 e. The van der Waals surface area contributed by atoms with Gasteiger partial charge in [-0.25, -0.2) is 9.97 Å². The van der Waals surface area contributed by atoms with Gasteiger partial charge in [-0.15, -0.1) is 0 Å². The fourth-order valence-electron chi connectivity index (χ4n) is 3.99. The van der Waals surface area contributed by atoms with Crippen LogP contribution < -0.4 is 5.56 Å². The number of hydrogen-bond donors (Lipinski definition) is 1. The van der Waals surface area contributed by atoms with Crippen molar-refractivity contribution in [2.24, 2.45) is 0 Å². The molecule has 0 aliphatic carbocycles. The van der Waals surface area contributed by atoms with E-state index in [1.165, 1.54) is 13.1 Å². The minimum absolute atomic E-state index is 0.0355. The predicted octanol–water partition coefficient (Wildman–Crippen LogP) is 1.14. The Hall–Kier alpha value is -3.10. The number of aromatic amines is 1. The second kappa shape index (κ2) is 7.73. The molecule has 9 nitrogen and oxygen atoms in total. The van der Waals surface area contributed by atoms with E-state index in [4.69, 9.17) is 4.98 Å². The van der Waals surface area contributed by atoms with E-state index in [1.54, 1.807) is 16.0 Å². The molecule has 0 unspecified atom stereocenters. The van der Waals surface area contributed by atoms with Crippen molar-refractivity contribution in [1.29, 1.82) is 0 Å². The Morgan fingerprint density at radius 1 is 1.17 bits per heavy atom. The lowest BCUT2D eigenvalue weighted by molar-refractivity contribution is -0.129. The zero-order chi connectivity index (χ0) is 20.5. The summed E-state index contributed by atoms with van der Waals surface area (Å²) in [6, 6.07) is -0.329. The van der Waals surface area contributed by atoms with Crippen LogP contribution in [-0.2, 0) is 17.8 Å². The molecule has 1 N–H and O–H groups in total. The molecular formula is C20H24N6O3. The molecule has 152 valence electrons. The van der Waals surface area contributed by atoms with Gasteiger partial charge in [0.1, 0.15) is 11.5 Å². The van der Waals surface area contributed by atoms with Crippen LogP contribution in [0.25, 0.3) is 0 Å².